The molecular formula is C40H49N3O5. The summed E-state index contributed by atoms with van der Waals surface area (Å²) in [5.41, 5.74) is 1.82. The molecule has 0 fully saturated rings. The maximum Gasteiger partial charge on any atom is 0.408 e. The number of phenols is 1. The molecule has 0 radical (unpaired) electrons. The molecule has 2 atom stereocenters. The molecule has 0 bridgehead atoms. The molecule has 0 aliphatic rings. The second kappa shape index (κ2) is 16.8. The molecule has 0 aliphatic carbocycles. The van der Waals surface area contributed by atoms with Gasteiger partial charge in [-0.2, -0.15) is 0 Å². The van der Waals surface area contributed by atoms with E-state index >= 15 is 0 Å². The topological polar surface area (TPSA) is 108 Å². The molecule has 0 aliphatic heterocycles. The fourth-order valence-corrected chi connectivity index (χ4v) is 5.75. The summed E-state index contributed by atoms with van der Waals surface area (Å²) in [4.78, 5) is 43.9. The molecule has 4 aromatic carbocycles. The highest BCUT2D eigenvalue weighted by molar-refractivity contribution is 6.00. The molecule has 0 saturated heterocycles. The number of carbonyl (C=O) groups is 3. The standard InChI is InChI=1S/C40H49N3O5/c1-6-7-8-9-15-24-43(38(46)34(26-29-16-11-10-12-17-29)42-39(47)48-40(3,4)5)36(32-21-23-35(44)28(2)25-32)37(45)41-33-22-20-30-18-13-14-19-31(30)27-33/h10-14,16-23,25,27,34,36,44H,6-9,15,24,26H2,1-5H3,(H,41,45)(H,42,47). The first kappa shape index (κ1) is 36.0. The van der Waals surface area contributed by atoms with Crippen LogP contribution in [0.4, 0.5) is 10.5 Å². The van der Waals surface area contributed by atoms with E-state index < -0.39 is 35.6 Å². The van der Waals surface area contributed by atoms with Crippen molar-refractivity contribution in [1.29, 1.82) is 0 Å². The average Bonchev–Trinajstić information content (AvgIpc) is 3.04. The molecule has 4 rings (SSSR count). The van der Waals surface area contributed by atoms with E-state index in [9.17, 15) is 19.5 Å². The molecule has 254 valence electrons. The van der Waals surface area contributed by atoms with E-state index in [-0.39, 0.29) is 12.2 Å². The number of nitrogens with one attached hydrogen (secondary N) is 2. The summed E-state index contributed by atoms with van der Waals surface area (Å²) in [7, 11) is 0. The molecule has 8 nitrogen and oxygen atoms in total. The minimum absolute atomic E-state index is 0.0958. The number of nitrogens with zero attached hydrogens (tertiary/aromatic N) is 1. The van der Waals surface area contributed by atoms with Crippen molar-refractivity contribution in [3.8, 4) is 5.75 Å². The number of alkyl carbamates (subject to hydrolysis) is 1. The van der Waals surface area contributed by atoms with Crippen LogP contribution in [0.25, 0.3) is 10.8 Å². The maximum absolute atomic E-state index is 14.8. The van der Waals surface area contributed by atoms with Gasteiger partial charge < -0.3 is 25.4 Å². The van der Waals surface area contributed by atoms with Crippen molar-refractivity contribution in [3.63, 3.8) is 0 Å². The Kier molecular flexibility index (Phi) is 12.6. The van der Waals surface area contributed by atoms with Gasteiger partial charge >= 0.3 is 6.09 Å². The molecule has 0 heterocycles. The molecule has 48 heavy (non-hydrogen) atoms. The Labute approximate surface area is 284 Å². The van der Waals surface area contributed by atoms with Gasteiger partial charge in [0.05, 0.1) is 0 Å². The Morgan fingerprint density at radius 1 is 0.833 bits per heavy atom. The highest BCUT2D eigenvalue weighted by Crippen LogP contribution is 2.30. The number of aromatic hydroxyl groups is 1. The SMILES string of the molecule is CCCCCCCN(C(=O)C(Cc1ccccc1)NC(=O)OC(C)(C)C)C(C(=O)Nc1ccc2ccccc2c1)c1ccc(O)c(C)c1. The molecule has 0 saturated carbocycles. The Balaban J connectivity index is 1.76. The van der Waals surface area contributed by atoms with Crippen LogP contribution in [0.1, 0.15) is 82.5 Å². The van der Waals surface area contributed by atoms with Crippen molar-refractivity contribution >= 4 is 34.4 Å². The zero-order valence-corrected chi connectivity index (χ0v) is 28.8. The zero-order chi connectivity index (χ0) is 34.7. The van der Waals surface area contributed by atoms with Crippen LogP contribution in [0, 0.1) is 6.92 Å². The van der Waals surface area contributed by atoms with Crippen LogP contribution in [-0.4, -0.2) is 46.1 Å². The number of ether oxygens (including phenoxy) is 1. The van der Waals surface area contributed by atoms with E-state index in [0.29, 0.717) is 29.8 Å². The van der Waals surface area contributed by atoms with Crippen molar-refractivity contribution in [2.24, 2.45) is 0 Å². The first-order valence-electron chi connectivity index (χ1n) is 16.9. The number of phenolic OH excluding ortho intramolecular Hbond substituents is 1. The predicted molar refractivity (Wildman–Crippen MR) is 192 cm³/mol. The minimum Gasteiger partial charge on any atom is -0.508 e. The molecule has 3 N–H and O–H groups in total. The highest BCUT2D eigenvalue weighted by Gasteiger charge is 2.36. The van der Waals surface area contributed by atoms with Gasteiger partial charge in [0, 0.05) is 18.7 Å². The summed E-state index contributed by atoms with van der Waals surface area (Å²) in [6.07, 6.45) is 4.21. The van der Waals surface area contributed by atoms with Gasteiger partial charge in [-0.3, -0.25) is 9.59 Å². The molecule has 0 spiro atoms. The largest absolute Gasteiger partial charge is 0.508 e. The quantitative estimate of drug-likeness (QED) is 0.119. The fourth-order valence-electron chi connectivity index (χ4n) is 5.75. The van der Waals surface area contributed by atoms with Crippen LogP contribution in [0.2, 0.25) is 0 Å². The number of amides is 3. The third-order valence-corrected chi connectivity index (χ3v) is 8.17. The first-order chi connectivity index (χ1) is 22.9. The lowest BCUT2D eigenvalue weighted by atomic mass is 9.98. The Hall–Kier alpha value is -4.85. The van der Waals surface area contributed by atoms with Crippen LogP contribution in [0.5, 0.6) is 5.75 Å². The van der Waals surface area contributed by atoms with Crippen molar-refractivity contribution < 1.29 is 24.2 Å². The predicted octanol–water partition coefficient (Wildman–Crippen LogP) is 8.47. The normalized spacial score (nSPS) is 12.6. The number of hydrogen-bond donors (Lipinski definition) is 3. The van der Waals surface area contributed by atoms with E-state index in [1.165, 1.54) is 0 Å². The number of anilines is 1. The number of fused-ring (bicyclic) bond motifs is 1. The van der Waals surface area contributed by atoms with Crippen LogP contribution in [0.15, 0.2) is 91.0 Å². The van der Waals surface area contributed by atoms with Gasteiger partial charge in [0.15, 0.2) is 0 Å². The van der Waals surface area contributed by atoms with Crippen molar-refractivity contribution in [2.75, 3.05) is 11.9 Å². The smallest absolute Gasteiger partial charge is 0.408 e. The van der Waals surface area contributed by atoms with Gasteiger partial charge in [-0.15, -0.1) is 0 Å². The summed E-state index contributed by atoms with van der Waals surface area (Å²) in [5.74, 6) is -0.698. The second-order valence-electron chi connectivity index (χ2n) is 13.3. The van der Waals surface area contributed by atoms with Gasteiger partial charge in [0.1, 0.15) is 23.4 Å². The van der Waals surface area contributed by atoms with Crippen LogP contribution >= 0.6 is 0 Å². The molecular weight excluding hydrogens is 602 g/mol. The summed E-state index contributed by atoms with van der Waals surface area (Å²) in [6, 6.07) is 26.0. The monoisotopic (exact) mass is 651 g/mol. The Morgan fingerprint density at radius 2 is 1.52 bits per heavy atom. The van der Waals surface area contributed by atoms with Crippen molar-refractivity contribution in [2.45, 2.75) is 90.8 Å². The highest BCUT2D eigenvalue weighted by atomic mass is 16.6. The Bertz CT molecular complexity index is 1680. The number of aryl methyl sites for hydroxylation is 1. The number of benzene rings is 4. The van der Waals surface area contributed by atoms with E-state index in [1.54, 1.807) is 50.8 Å². The number of unbranched alkanes of at least 4 members (excludes halogenated alkanes) is 4. The van der Waals surface area contributed by atoms with Crippen LogP contribution < -0.4 is 10.6 Å². The van der Waals surface area contributed by atoms with Crippen LogP contribution in [-0.2, 0) is 20.7 Å². The molecule has 0 aromatic heterocycles. The molecule has 2 unspecified atom stereocenters. The zero-order valence-electron chi connectivity index (χ0n) is 28.8. The van der Waals surface area contributed by atoms with Crippen LogP contribution in [0.3, 0.4) is 0 Å². The number of carbonyl (C=O) groups excluding carboxylic acids is 3. The minimum atomic E-state index is -1.05. The van der Waals surface area contributed by atoms with E-state index in [1.807, 2.05) is 72.8 Å². The third-order valence-electron chi connectivity index (χ3n) is 8.17. The molecule has 3 amide bonds. The van der Waals surface area contributed by atoms with Gasteiger partial charge in [0.25, 0.3) is 5.91 Å². The van der Waals surface area contributed by atoms with E-state index in [2.05, 4.69) is 17.6 Å². The lowest BCUT2D eigenvalue weighted by Gasteiger charge is -2.35. The van der Waals surface area contributed by atoms with Gasteiger partial charge in [0.2, 0.25) is 5.91 Å². The van der Waals surface area contributed by atoms with Gasteiger partial charge in [-0.1, -0.05) is 99.3 Å². The van der Waals surface area contributed by atoms with Gasteiger partial charge in [-0.05, 0) is 85.8 Å². The van der Waals surface area contributed by atoms with E-state index in [0.717, 1.165) is 42.0 Å². The molecule has 4 aromatic rings. The first-order valence-corrected chi connectivity index (χ1v) is 16.9. The third kappa shape index (κ3) is 10.3. The Morgan fingerprint density at radius 3 is 2.21 bits per heavy atom. The summed E-state index contributed by atoms with van der Waals surface area (Å²) >= 11 is 0. The lowest BCUT2D eigenvalue weighted by Crippen LogP contribution is -2.53. The molecule has 8 heteroatoms. The second-order valence-corrected chi connectivity index (χ2v) is 13.3. The van der Waals surface area contributed by atoms with Crippen molar-refractivity contribution in [3.05, 3.63) is 108 Å². The van der Waals surface area contributed by atoms with E-state index in [4.69, 9.17) is 4.74 Å². The fraction of sp³-hybridized carbons (Fsp3) is 0.375. The number of rotatable bonds is 14. The number of hydrogen-bond acceptors (Lipinski definition) is 5. The van der Waals surface area contributed by atoms with Crippen molar-refractivity contribution in [1.82, 2.24) is 10.2 Å². The summed E-state index contributed by atoms with van der Waals surface area (Å²) in [5, 5.41) is 18.3. The van der Waals surface area contributed by atoms with Gasteiger partial charge in [-0.25, -0.2) is 4.79 Å². The summed E-state index contributed by atoms with van der Waals surface area (Å²) in [6.45, 7) is 9.50. The maximum atomic E-state index is 14.8. The summed E-state index contributed by atoms with van der Waals surface area (Å²) < 4.78 is 5.57. The lowest BCUT2D eigenvalue weighted by molar-refractivity contribution is -0.140. The average molecular weight is 652 g/mol.